The molecule has 1 aromatic carbocycles. The van der Waals surface area contributed by atoms with Crippen LogP contribution in [0.3, 0.4) is 0 Å². The second kappa shape index (κ2) is 12.8. The summed E-state index contributed by atoms with van der Waals surface area (Å²) in [6.45, 7) is 9.52. The first kappa shape index (κ1) is 28.9. The Labute approximate surface area is 231 Å². The SMILES string of the molecule is Cc1noc(C)c1NC(=O)Nc1ccc2c(c1)C(=O)N(C(C)CO)CC(C)C(CN(C)CC1CCCCC1)O2. The first-order valence-electron chi connectivity index (χ1n) is 14.1. The van der Waals surface area contributed by atoms with Crippen LogP contribution in [0.1, 0.15) is 67.8 Å². The molecule has 2 aromatic rings. The van der Waals surface area contributed by atoms with Gasteiger partial charge in [0.15, 0.2) is 5.76 Å². The summed E-state index contributed by atoms with van der Waals surface area (Å²) in [7, 11) is 2.15. The summed E-state index contributed by atoms with van der Waals surface area (Å²) in [5, 5.41) is 19.3. The summed E-state index contributed by atoms with van der Waals surface area (Å²) in [5.74, 6) is 1.53. The van der Waals surface area contributed by atoms with E-state index in [2.05, 4.69) is 34.7 Å². The lowest BCUT2D eigenvalue weighted by Gasteiger charge is -2.38. The van der Waals surface area contributed by atoms with Gasteiger partial charge in [0, 0.05) is 31.2 Å². The van der Waals surface area contributed by atoms with Crippen molar-refractivity contribution in [2.75, 3.05) is 43.9 Å². The highest BCUT2D eigenvalue weighted by Crippen LogP contribution is 2.31. The van der Waals surface area contributed by atoms with E-state index in [1.165, 1.54) is 32.1 Å². The van der Waals surface area contributed by atoms with Gasteiger partial charge < -0.3 is 34.8 Å². The Bertz CT molecular complexity index is 1130. The summed E-state index contributed by atoms with van der Waals surface area (Å²) in [5.41, 5.74) is 1.89. The molecular formula is C29H43N5O5. The minimum absolute atomic E-state index is 0.0588. The van der Waals surface area contributed by atoms with E-state index < -0.39 is 6.03 Å². The van der Waals surface area contributed by atoms with Gasteiger partial charge in [-0.3, -0.25) is 4.79 Å². The maximum Gasteiger partial charge on any atom is 0.323 e. The normalized spacial score (nSPS) is 21.1. The topological polar surface area (TPSA) is 120 Å². The monoisotopic (exact) mass is 541 g/mol. The summed E-state index contributed by atoms with van der Waals surface area (Å²) in [4.78, 5) is 30.5. The second-order valence-corrected chi connectivity index (χ2v) is 11.3. The van der Waals surface area contributed by atoms with Crippen molar-refractivity contribution < 1.29 is 24.0 Å². The molecule has 1 aromatic heterocycles. The molecule has 0 spiro atoms. The number of aliphatic hydroxyl groups is 1. The van der Waals surface area contributed by atoms with Crippen molar-refractivity contribution in [1.29, 1.82) is 0 Å². The molecule has 0 bridgehead atoms. The number of aryl methyl sites for hydroxylation is 2. The Morgan fingerprint density at radius 3 is 2.62 bits per heavy atom. The average molecular weight is 542 g/mol. The molecule has 0 saturated heterocycles. The van der Waals surface area contributed by atoms with Crippen LogP contribution in [-0.2, 0) is 0 Å². The Kier molecular flexibility index (Phi) is 9.50. The van der Waals surface area contributed by atoms with Gasteiger partial charge in [-0.05, 0) is 64.8 Å². The number of benzene rings is 1. The Morgan fingerprint density at radius 1 is 1.21 bits per heavy atom. The maximum atomic E-state index is 13.7. The van der Waals surface area contributed by atoms with Crippen LogP contribution in [0.2, 0.25) is 0 Å². The lowest BCUT2D eigenvalue weighted by Crippen LogP contribution is -2.50. The number of fused-ring (bicyclic) bond motifs is 1. The molecule has 3 atom stereocenters. The molecule has 3 amide bonds. The lowest BCUT2D eigenvalue weighted by atomic mass is 9.89. The molecule has 1 fully saturated rings. The van der Waals surface area contributed by atoms with Crippen LogP contribution in [-0.4, -0.2) is 77.4 Å². The van der Waals surface area contributed by atoms with Crippen molar-refractivity contribution in [1.82, 2.24) is 15.0 Å². The van der Waals surface area contributed by atoms with E-state index in [0.29, 0.717) is 40.7 Å². The number of hydrogen-bond acceptors (Lipinski definition) is 7. The molecule has 2 aliphatic rings. The minimum Gasteiger partial charge on any atom is -0.488 e. The summed E-state index contributed by atoms with van der Waals surface area (Å²) in [6, 6.07) is 4.28. The van der Waals surface area contributed by atoms with E-state index in [1.807, 2.05) is 6.92 Å². The van der Waals surface area contributed by atoms with Crippen molar-refractivity contribution in [2.45, 2.75) is 71.9 Å². The number of nitrogens with zero attached hydrogens (tertiary/aromatic N) is 3. The fourth-order valence-corrected chi connectivity index (χ4v) is 5.65. The van der Waals surface area contributed by atoms with Crippen molar-refractivity contribution >= 4 is 23.3 Å². The van der Waals surface area contributed by atoms with E-state index in [-0.39, 0.29) is 30.6 Å². The molecule has 10 nitrogen and oxygen atoms in total. The standard InChI is InChI=1S/C29H43N5O5/c1-18-14-34(19(2)17-35)28(36)24-13-23(30-29(37)31-27-20(3)32-39-21(27)4)11-12-25(24)38-26(18)16-33(5)15-22-9-7-6-8-10-22/h11-13,18-19,22,26,35H,6-10,14-17H2,1-5H3,(H2,30,31,37). The van der Waals surface area contributed by atoms with Gasteiger partial charge in [-0.25, -0.2) is 4.79 Å². The number of carbonyl (C=O) groups is 2. The first-order chi connectivity index (χ1) is 18.7. The average Bonchev–Trinajstić information content (AvgIpc) is 3.23. The molecule has 1 saturated carbocycles. The van der Waals surface area contributed by atoms with Crippen LogP contribution < -0.4 is 15.4 Å². The van der Waals surface area contributed by atoms with Crippen LogP contribution in [0.4, 0.5) is 16.2 Å². The first-order valence-corrected chi connectivity index (χ1v) is 14.1. The summed E-state index contributed by atoms with van der Waals surface area (Å²) >= 11 is 0. The van der Waals surface area contributed by atoms with Gasteiger partial charge in [-0.15, -0.1) is 0 Å². The predicted octanol–water partition coefficient (Wildman–Crippen LogP) is 4.67. The van der Waals surface area contributed by atoms with E-state index in [1.54, 1.807) is 36.9 Å². The molecule has 3 N–H and O–H groups in total. The van der Waals surface area contributed by atoms with Gasteiger partial charge >= 0.3 is 6.03 Å². The fourth-order valence-electron chi connectivity index (χ4n) is 5.65. The largest absolute Gasteiger partial charge is 0.488 e. The molecule has 3 unspecified atom stereocenters. The van der Waals surface area contributed by atoms with Crippen LogP contribution in [0, 0.1) is 25.7 Å². The number of hydrogen-bond donors (Lipinski definition) is 3. The third-order valence-corrected chi connectivity index (χ3v) is 7.98. The maximum absolute atomic E-state index is 13.7. The van der Waals surface area contributed by atoms with Crippen LogP contribution in [0.15, 0.2) is 22.7 Å². The highest BCUT2D eigenvalue weighted by molar-refractivity contribution is 6.03. The zero-order valence-corrected chi connectivity index (χ0v) is 23.8. The van der Waals surface area contributed by atoms with Gasteiger partial charge in [0.05, 0.1) is 18.2 Å². The predicted molar refractivity (Wildman–Crippen MR) is 150 cm³/mol. The highest BCUT2D eigenvalue weighted by Gasteiger charge is 2.34. The van der Waals surface area contributed by atoms with Crippen molar-refractivity contribution in [3.05, 3.63) is 35.2 Å². The third kappa shape index (κ3) is 7.10. The van der Waals surface area contributed by atoms with Crippen LogP contribution in [0.5, 0.6) is 5.75 Å². The van der Waals surface area contributed by atoms with Crippen molar-refractivity contribution in [3.8, 4) is 5.75 Å². The Morgan fingerprint density at radius 2 is 1.95 bits per heavy atom. The van der Waals surface area contributed by atoms with Crippen LogP contribution in [0.25, 0.3) is 0 Å². The molecule has 0 radical (unpaired) electrons. The number of aromatic nitrogens is 1. The summed E-state index contributed by atoms with van der Waals surface area (Å²) in [6.07, 6.45) is 6.38. The number of amides is 3. The van der Waals surface area contributed by atoms with Gasteiger partial charge in [0.25, 0.3) is 5.91 Å². The Balaban J connectivity index is 1.54. The summed E-state index contributed by atoms with van der Waals surface area (Å²) < 4.78 is 11.6. The molecule has 4 rings (SSSR count). The zero-order valence-electron chi connectivity index (χ0n) is 23.8. The number of carbonyl (C=O) groups excluding carboxylic acids is 2. The van der Waals surface area contributed by atoms with Crippen LogP contribution >= 0.6 is 0 Å². The fraction of sp³-hybridized carbons (Fsp3) is 0.621. The number of urea groups is 1. The van der Waals surface area contributed by atoms with Gasteiger partial charge in [-0.2, -0.15) is 0 Å². The number of rotatable bonds is 8. The zero-order chi connectivity index (χ0) is 28.1. The number of aliphatic hydroxyl groups excluding tert-OH is 1. The van der Waals surface area contributed by atoms with Crippen molar-refractivity contribution in [3.63, 3.8) is 0 Å². The third-order valence-electron chi connectivity index (χ3n) is 7.98. The molecular weight excluding hydrogens is 498 g/mol. The molecule has 2 heterocycles. The molecule has 1 aliphatic carbocycles. The van der Waals surface area contributed by atoms with E-state index >= 15 is 0 Å². The van der Waals surface area contributed by atoms with Gasteiger partial charge in [0.1, 0.15) is 23.2 Å². The lowest BCUT2D eigenvalue weighted by molar-refractivity contribution is 0.0330. The van der Waals surface area contributed by atoms with E-state index in [4.69, 9.17) is 9.26 Å². The molecule has 39 heavy (non-hydrogen) atoms. The number of nitrogens with one attached hydrogen (secondary N) is 2. The highest BCUT2D eigenvalue weighted by atomic mass is 16.5. The quantitative estimate of drug-likeness (QED) is 0.444. The number of anilines is 2. The Hall–Kier alpha value is -3.11. The van der Waals surface area contributed by atoms with Gasteiger partial charge in [-0.1, -0.05) is 31.3 Å². The smallest absolute Gasteiger partial charge is 0.323 e. The minimum atomic E-state index is -0.472. The van der Waals surface area contributed by atoms with E-state index in [0.717, 1.165) is 19.0 Å². The number of likely N-dealkylation sites (N-methyl/N-ethyl adjacent to an activating group) is 1. The molecule has 1 aliphatic heterocycles. The number of ether oxygens (including phenoxy) is 1. The second-order valence-electron chi connectivity index (χ2n) is 11.3. The molecule has 10 heteroatoms. The van der Waals surface area contributed by atoms with E-state index in [9.17, 15) is 14.7 Å². The molecule has 214 valence electrons. The van der Waals surface area contributed by atoms with Crippen molar-refractivity contribution in [2.24, 2.45) is 11.8 Å². The van der Waals surface area contributed by atoms with Gasteiger partial charge in [0.2, 0.25) is 0 Å².